The fourth-order valence-electron chi connectivity index (χ4n) is 1.99. The molecule has 0 aliphatic heterocycles. The number of hydrogen-bond donors (Lipinski definition) is 1. The Morgan fingerprint density at radius 3 is 2.45 bits per heavy atom. The molecule has 0 amide bonds. The SMILES string of the molecule is CCc1nc(COc2ccc(C(C)C)cc2)sc1CS. The molecule has 0 spiro atoms. The van der Waals surface area contributed by atoms with Gasteiger partial charge in [0.1, 0.15) is 17.4 Å². The lowest BCUT2D eigenvalue weighted by Crippen LogP contribution is -1.96. The molecule has 0 bridgehead atoms. The second-order valence-corrected chi connectivity index (χ2v) is 6.49. The Morgan fingerprint density at radius 2 is 1.95 bits per heavy atom. The average molecular weight is 307 g/mol. The molecule has 1 heterocycles. The number of aromatic nitrogens is 1. The van der Waals surface area contributed by atoms with Crippen molar-refractivity contribution in [3.8, 4) is 5.75 Å². The van der Waals surface area contributed by atoms with Crippen LogP contribution in [0.4, 0.5) is 0 Å². The summed E-state index contributed by atoms with van der Waals surface area (Å²) in [5, 5.41) is 1.03. The zero-order chi connectivity index (χ0) is 14.5. The van der Waals surface area contributed by atoms with Crippen LogP contribution in [-0.2, 0) is 18.8 Å². The Kier molecular flexibility index (Phi) is 5.49. The molecule has 2 aromatic rings. The quantitative estimate of drug-likeness (QED) is 0.772. The van der Waals surface area contributed by atoms with E-state index >= 15 is 0 Å². The van der Waals surface area contributed by atoms with Crippen LogP contribution in [0.2, 0.25) is 0 Å². The third-order valence-corrected chi connectivity index (χ3v) is 4.81. The molecule has 0 aliphatic rings. The standard InChI is InChI=1S/C16H21NOS2/c1-4-14-15(10-19)20-16(17-14)9-18-13-7-5-12(6-8-13)11(2)3/h5-8,11,19H,4,9-10H2,1-3H3. The molecule has 2 nitrogen and oxygen atoms in total. The normalized spacial score (nSPS) is 11.1. The van der Waals surface area contributed by atoms with E-state index in [-0.39, 0.29) is 0 Å². The second-order valence-electron chi connectivity index (χ2n) is 5.00. The zero-order valence-electron chi connectivity index (χ0n) is 12.2. The molecule has 20 heavy (non-hydrogen) atoms. The van der Waals surface area contributed by atoms with E-state index in [0.717, 1.165) is 28.6 Å². The lowest BCUT2D eigenvalue weighted by Gasteiger charge is -2.07. The smallest absolute Gasteiger partial charge is 0.140 e. The van der Waals surface area contributed by atoms with Gasteiger partial charge in [-0.3, -0.25) is 0 Å². The highest BCUT2D eigenvalue weighted by Gasteiger charge is 2.09. The van der Waals surface area contributed by atoms with Gasteiger partial charge in [-0.25, -0.2) is 4.98 Å². The summed E-state index contributed by atoms with van der Waals surface area (Å²) in [5.74, 6) is 2.20. The Balaban J connectivity index is 1.99. The first kappa shape index (κ1) is 15.4. The van der Waals surface area contributed by atoms with Crippen molar-refractivity contribution in [2.45, 2.75) is 45.5 Å². The number of thiazole rings is 1. The third-order valence-electron chi connectivity index (χ3n) is 3.21. The van der Waals surface area contributed by atoms with Gasteiger partial charge in [0.25, 0.3) is 0 Å². The molecule has 1 aromatic carbocycles. The van der Waals surface area contributed by atoms with Gasteiger partial charge in [0.05, 0.1) is 5.69 Å². The van der Waals surface area contributed by atoms with Gasteiger partial charge in [0.15, 0.2) is 0 Å². The van der Waals surface area contributed by atoms with Gasteiger partial charge < -0.3 is 4.74 Å². The predicted molar refractivity (Wildman–Crippen MR) is 89.0 cm³/mol. The summed E-state index contributed by atoms with van der Waals surface area (Å²) in [4.78, 5) is 5.86. The second kappa shape index (κ2) is 7.14. The summed E-state index contributed by atoms with van der Waals surface area (Å²) in [6.45, 7) is 7.04. The van der Waals surface area contributed by atoms with Crippen molar-refractivity contribution in [3.63, 3.8) is 0 Å². The maximum Gasteiger partial charge on any atom is 0.140 e. The Hall–Kier alpha value is -1.00. The van der Waals surface area contributed by atoms with Crippen LogP contribution in [0.1, 0.15) is 47.8 Å². The van der Waals surface area contributed by atoms with E-state index < -0.39 is 0 Å². The number of thiol groups is 1. The number of rotatable bonds is 6. The van der Waals surface area contributed by atoms with Gasteiger partial charge in [0, 0.05) is 10.6 Å². The van der Waals surface area contributed by atoms with E-state index in [1.54, 1.807) is 11.3 Å². The van der Waals surface area contributed by atoms with E-state index in [2.05, 4.69) is 50.5 Å². The largest absolute Gasteiger partial charge is 0.486 e. The van der Waals surface area contributed by atoms with Crippen LogP contribution in [0.3, 0.4) is 0 Å². The summed E-state index contributed by atoms with van der Waals surface area (Å²) >= 11 is 6.04. The van der Waals surface area contributed by atoms with Crippen LogP contribution >= 0.6 is 24.0 Å². The fourth-order valence-corrected chi connectivity index (χ4v) is 3.30. The number of aryl methyl sites for hydroxylation is 1. The number of nitrogens with zero attached hydrogens (tertiary/aromatic N) is 1. The first-order valence-corrected chi connectivity index (χ1v) is 8.40. The van der Waals surface area contributed by atoms with E-state index in [1.807, 2.05) is 12.1 Å². The monoisotopic (exact) mass is 307 g/mol. The van der Waals surface area contributed by atoms with Crippen molar-refractivity contribution in [1.29, 1.82) is 0 Å². The molecule has 4 heteroatoms. The van der Waals surface area contributed by atoms with Gasteiger partial charge >= 0.3 is 0 Å². The summed E-state index contributed by atoms with van der Waals surface area (Å²) < 4.78 is 5.81. The molecule has 0 saturated heterocycles. The van der Waals surface area contributed by atoms with Crippen LogP contribution in [0.25, 0.3) is 0 Å². The highest BCUT2D eigenvalue weighted by Crippen LogP contribution is 2.23. The summed E-state index contributed by atoms with van der Waals surface area (Å²) in [5.41, 5.74) is 2.48. The van der Waals surface area contributed by atoms with Crippen molar-refractivity contribution in [1.82, 2.24) is 4.98 Å². The minimum absolute atomic E-state index is 0.534. The van der Waals surface area contributed by atoms with Crippen LogP contribution in [-0.4, -0.2) is 4.98 Å². The molecule has 0 radical (unpaired) electrons. The molecule has 108 valence electrons. The van der Waals surface area contributed by atoms with Crippen LogP contribution < -0.4 is 4.74 Å². The molecule has 0 atom stereocenters. The van der Waals surface area contributed by atoms with Gasteiger partial charge in [-0.15, -0.1) is 11.3 Å². The Labute approximate surface area is 130 Å². The maximum absolute atomic E-state index is 5.81. The summed E-state index contributed by atoms with van der Waals surface area (Å²) in [7, 11) is 0. The molecule has 2 rings (SSSR count). The molecule has 0 saturated carbocycles. The third kappa shape index (κ3) is 3.76. The lowest BCUT2D eigenvalue weighted by atomic mass is 10.0. The average Bonchev–Trinajstić information content (AvgIpc) is 2.88. The van der Waals surface area contributed by atoms with Crippen molar-refractivity contribution in [2.24, 2.45) is 0 Å². The molecule has 0 aliphatic carbocycles. The number of hydrogen-bond acceptors (Lipinski definition) is 4. The van der Waals surface area contributed by atoms with Crippen LogP contribution in [0.5, 0.6) is 5.75 Å². The first-order chi connectivity index (χ1) is 9.63. The highest BCUT2D eigenvalue weighted by molar-refractivity contribution is 7.79. The van der Waals surface area contributed by atoms with Crippen molar-refractivity contribution >= 4 is 24.0 Å². The highest BCUT2D eigenvalue weighted by atomic mass is 32.1. The molecule has 0 N–H and O–H groups in total. The van der Waals surface area contributed by atoms with Gasteiger partial charge in [-0.05, 0) is 30.0 Å². The minimum Gasteiger partial charge on any atom is -0.486 e. The van der Waals surface area contributed by atoms with E-state index in [9.17, 15) is 0 Å². The van der Waals surface area contributed by atoms with Gasteiger partial charge in [-0.1, -0.05) is 32.9 Å². The van der Waals surface area contributed by atoms with Crippen molar-refractivity contribution in [2.75, 3.05) is 0 Å². The summed E-state index contributed by atoms with van der Waals surface area (Å²) in [6, 6.07) is 8.31. The predicted octanol–water partition coefficient (Wildman–Crippen LogP) is 4.84. The molecule has 0 fully saturated rings. The van der Waals surface area contributed by atoms with E-state index in [1.165, 1.54) is 10.4 Å². The van der Waals surface area contributed by atoms with Crippen molar-refractivity contribution in [3.05, 3.63) is 45.4 Å². The van der Waals surface area contributed by atoms with Crippen LogP contribution in [0, 0.1) is 0 Å². The topological polar surface area (TPSA) is 22.1 Å². The Bertz CT molecular complexity index is 525. The van der Waals surface area contributed by atoms with Crippen LogP contribution in [0.15, 0.2) is 24.3 Å². The molecular formula is C16H21NOS2. The van der Waals surface area contributed by atoms with Gasteiger partial charge in [0.2, 0.25) is 0 Å². The van der Waals surface area contributed by atoms with Crippen molar-refractivity contribution < 1.29 is 4.74 Å². The van der Waals surface area contributed by atoms with E-state index in [4.69, 9.17) is 4.74 Å². The fraction of sp³-hybridized carbons (Fsp3) is 0.438. The first-order valence-electron chi connectivity index (χ1n) is 6.95. The van der Waals surface area contributed by atoms with E-state index in [0.29, 0.717) is 12.5 Å². The number of benzene rings is 1. The molecule has 0 unspecified atom stereocenters. The zero-order valence-corrected chi connectivity index (χ0v) is 13.9. The molecular weight excluding hydrogens is 286 g/mol. The van der Waals surface area contributed by atoms with Gasteiger partial charge in [-0.2, -0.15) is 12.6 Å². The Morgan fingerprint density at radius 1 is 1.25 bits per heavy atom. The molecule has 1 aromatic heterocycles. The minimum atomic E-state index is 0.534. The lowest BCUT2D eigenvalue weighted by molar-refractivity contribution is 0.305. The summed E-state index contributed by atoms with van der Waals surface area (Å²) in [6.07, 6.45) is 0.954. The number of ether oxygens (including phenoxy) is 1. The maximum atomic E-state index is 5.81.